The first-order chi connectivity index (χ1) is 16.6. The molecule has 0 spiro atoms. The lowest BCUT2D eigenvalue weighted by Crippen LogP contribution is -2.31. The number of hydrogen-bond acceptors (Lipinski definition) is 4. The van der Waals surface area contributed by atoms with Gasteiger partial charge in [0.2, 0.25) is 0 Å². The molecule has 0 fully saturated rings. The van der Waals surface area contributed by atoms with Crippen molar-refractivity contribution in [1.82, 2.24) is 9.97 Å². The van der Waals surface area contributed by atoms with Gasteiger partial charge in [-0.3, -0.25) is 0 Å². The summed E-state index contributed by atoms with van der Waals surface area (Å²) in [5, 5.41) is 1.22. The number of thioether (sulfide) groups is 1. The van der Waals surface area contributed by atoms with E-state index >= 15 is 0 Å². The van der Waals surface area contributed by atoms with Crippen LogP contribution in [-0.4, -0.2) is 15.7 Å². The van der Waals surface area contributed by atoms with Crippen molar-refractivity contribution in [3.05, 3.63) is 77.6 Å². The van der Waals surface area contributed by atoms with Crippen LogP contribution >= 0.6 is 23.1 Å². The molecule has 0 aliphatic heterocycles. The number of rotatable bonds is 7. The molecule has 0 radical (unpaired) electrons. The van der Waals surface area contributed by atoms with Crippen LogP contribution in [-0.2, 0) is 0 Å². The Morgan fingerprint density at radius 1 is 1.17 bits per heavy atom. The molecule has 184 valence electrons. The van der Waals surface area contributed by atoms with Crippen LogP contribution in [0.1, 0.15) is 78.2 Å². The Labute approximate surface area is 219 Å². The van der Waals surface area contributed by atoms with E-state index in [4.69, 9.17) is 9.97 Å². The lowest BCUT2D eigenvalue weighted by atomic mass is 9.71. The molecule has 35 heavy (non-hydrogen) atoms. The lowest BCUT2D eigenvalue weighted by molar-refractivity contribution is 0.163. The summed E-state index contributed by atoms with van der Waals surface area (Å²) >= 11 is 3.70. The fourth-order valence-electron chi connectivity index (χ4n) is 4.10. The fourth-order valence-corrected chi connectivity index (χ4v) is 6.59. The summed E-state index contributed by atoms with van der Waals surface area (Å²) in [6, 6.07) is 8.60. The summed E-state index contributed by atoms with van der Waals surface area (Å²) < 4.78 is 2.51. The van der Waals surface area contributed by atoms with E-state index in [2.05, 4.69) is 96.7 Å². The Balaban J connectivity index is 1.78. The van der Waals surface area contributed by atoms with E-state index in [9.17, 15) is 0 Å². The molecule has 1 aliphatic carbocycles. The molecule has 1 unspecified atom stereocenters. The molecule has 0 bridgehead atoms. The molecule has 1 aromatic carbocycles. The summed E-state index contributed by atoms with van der Waals surface area (Å²) in [5.41, 5.74) is 3.74. The number of hydrogen-bond donors (Lipinski definition) is 0. The molecule has 0 N–H and O–H groups in total. The average Bonchev–Trinajstić information content (AvgIpc) is 3.22. The van der Waals surface area contributed by atoms with Crippen LogP contribution in [0.2, 0.25) is 0 Å². The first-order valence-corrected chi connectivity index (χ1v) is 14.4. The summed E-state index contributed by atoms with van der Waals surface area (Å²) in [6.07, 6.45) is 14.5. The number of nitrogens with zero attached hydrogens (tertiary/aromatic N) is 2. The predicted molar refractivity (Wildman–Crippen MR) is 158 cm³/mol. The molecule has 1 atom stereocenters. The Morgan fingerprint density at radius 3 is 2.60 bits per heavy atom. The smallest absolute Gasteiger partial charge is 0.159 e. The van der Waals surface area contributed by atoms with Gasteiger partial charge in [0.05, 0.1) is 15.9 Å². The van der Waals surface area contributed by atoms with E-state index in [-0.39, 0.29) is 10.8 Å². The molecule has 0 saturated heterocycles. The lowest BCUT2D eigenvalue weighted by Gasteiger charge is -2.38. The van der Waals surface area contributed by atoms with Crippen LogP contribution in [0.3, 0.4) is 0 Å². The largest absolute Gasteiger partial charge is 0.231 e. The molecule has 4 rings (SSSR count). The molecule has 0 amide bonds. The molecular weight excluding hydrogens is 464 g/mol. The quantitative estimate of drug-likeness (QED) is 0.237. The second-order valence-electron chi connectivity index (χ2n) is 11.1. The number of thiophene rings is 1. The second-order valence-corrected chi connectivity index (χ2v) is 13.2. The van der Waals surface area contributed by atoms with E-state index in [1.165, 1.54) is 26.9 Å². The van der Waals surface area contributed by atoms with Gasteiger partial charge in [0.15, 0.2) is 5.82 Å². The summed E-state index contributed by atoms with van der Waals surface area (Å²) in [5.74, 6) is 2.19. The molecule has 2 heterocycles. The van der Waals surface area contributed by atoms with Crippen LogP contribution in [0.25, 0.3) is 25.9 Å². The van der Waals surface area contributed by atoms with Gasteiger partial charge in [-0.25, -0.2) is 9.97 Å². The zero-order valence-corrected chi connectivity index (χ0v) is 23.7. The molecule has 3 aromatic rings. The van der Waals surface area contributed by atoms with Gasteiger partial charge < -0.3 is 0 Å². The third kappa shape index (κ3) is 5.49. The zero-order chi connectivity index (χ0) is 25.2. The van der Waals surface area contributed by atoms with Crippen LogP contribution in [0.4, 0.5) is 0 Å². The number of fused-ring (bicyclic) bond motifs is 3. The van der Waals surface area contributed by atoms with Crippen molar-refractivity contribution >= 4 is 49.0 Å². The Hall–Kier alpha value is -2.17. The van der Waals surface area contributed by atoms with Gasteiger partial charge in [0.1, 0.15) is 0 Å². The van der Waals surface area contributed by atoms with Crippen LogP contribution < -0.4 is 0 Å². The van der Waals surface area contributed by atoms with Crippen molar-refractivity contribution in [1.29, 1.82) is 0 Å². The average molecular weight is 503 g/mol. The zero-order valence-electron chi connectivity index (χ0n) is 22.0. The molecule has 4 heteroatoms. The van der Waals surface area contributed by atoms with Crippen LogP contribution in [0.5, 0.6) is 0 Å². The van der Waals surface area contributed by atoms with Gasteiger partial charge in [0.25, 0.3) is 0 Å². The maximum absolute atomic E-state index is 5.22. The molecular formula is C31H38N2S2. The van der Waals surface area contributed by atoms with E-state index in [0.29, 0.717) is 5.92 Å². The van der Waals surface area contributed by atoms with Crippen molar-refractivity contribution in [2.45, 2.75) is 66.7 Å². The van der Waals surface area contributed by atoms with Crippen LogP contribution in [0.15, 0.2) is 66.1 Å². The van der Waals surface area contributed by atoms with Crippen molar-refractivity contribution in [3.63, 3.8) is 0 Å². The standard InChI is InChI=1S/C31H38N2S2/c1-8-21(19-23(9-2)34-20-31(6,7)30(3,4)5)29-32-26(22-15-11-10-12-16-22)28-27(33-29)24-17-13-14-18-25(24)35-28/h8-9,11,13-15,17-19,22H,2,10,12,16,20H2,1,3-7H3/b21-8+,23-19+. The maximum atomic E-state index is 5.22. The van der Waals surface area contributed by atoms with Gasteiger partial charge in [-0.15, -0.1) is 23.1 Å². The highest BCUT2D eigenvalue weighted by molar-refractivity contribution is 8.03. The van der Waals surface area contributed by atoms with Gasteiger partial charge in [0, 0.05) is 32.2 Å². The number of benzene rings is 1. The highest BCUT2D eigenvalue weighted by Crippen LogP contribution is 2.43. The third-order valence-corrected chi connectivity index (χ3v) is 10.2. The summed E-state index contributed by atoms with van der Waals surface area (Å²) in [7, 11) is 0. The maximum Gasteiger partial charge on any atom is 0.159 e. The van der Waals surface area contributed by atoms with Crippen LogP contribution in [0, 0.1) is 10.8 Å². The topological polar surface area (TPSA) is 25.8 Å². The molecule has 2 nitrogen and oxygen atoms in total. The van der Waals surface area contributed by atoms with E-state index in [1.807, 2.05) is 29.2 Å². The number of allylic oxidation sites excluding steroid dienone is 6. The highest BCUT2D eigenvalue weighted by atomic mass is 32.2. The van der Waals surface area contributed by atoms with Gasteiger partial charge in [-0.05, 0) is 49.2 Å². The van der Waals surface area contributed by atoms with Gasteiger partial charge >= 0.3 is 0 Å². The Morgan fingerprint density at radius 2 is 1.94 bits per heavy atom. The summed E-state index contributed by atoms with van der Waals surface area (Å²) in [6.45, 7) is 17.8. The van der Waals surface area contributed by atoms with Crippen molar-refractivity contribution in [2.75, 3.05) is 5.75 Å². The first kappa shape index (κ1) is 25.9. The monoisotopic (exact) mass is 502 g/mol. The normalized spacial score (nSPS) is 17.9. The molecule has 1 aliphatic rings. The minimum Gasteiger partial charge on any atom is -0.231 e. The van der Waals surface area contributed by atoms with Crippen molar-refractivity contribution in [3.8, 4) is 0 Å². The van der Waals surface area contributed by atoms with E-state index in [0.717, 1.165) is 40.4 Å². The number of aromatic nitrogens is 2. The van der Waals surface area contributed by atoms with Gasteiger partial charge in [-0.1, -0.05) is 83.7 Å². The second kappa shape index (κ2) is 10.4. The third-order valence-electron chi connectivity index (χ3n) is 7.55. The molecule has 0 saturated carbocycles. The predicted octanol–water partition coefficient (Wildman–Crippen LogP) is 9.95. The van der Waals surface area contributed by atoms with E-state index < -0.39 is 0 Å². The molecule has 2 aromatic heterocycles. The van der Waals surface area contributed by atoms with Crippen molar-refractivity contribution < 1.29 is 0 Å². The van der Waals surface area contributed by atoms with E-state index in [1.54, 1.807) is 0 Å². The minimum absolute atomic E-state index is 0.196. The Kier molecular flexibility index (Phi) is 7.73. The minimum atomic E-state index is 0.196. The first-order valence-electron chi connectivity index (χ1n) is 12.6. The Bertz CT molecular complexity index is 1310. The summed E-state index contributed by atoms with van der Waals surface area (Å²) in [4.78, 5) is 11.5. The van der Waals surface area contributed by atoms with Crippen molar-refractivity contribution in [2.24, 2.45) is 10.8 Å². The fraction of sp³-hybridized carbons (Fsp3) is 0.419. The highest BCUT2D eigenvalue weighted by Gasteiger charge is 2.32. The van der Waals surface area contributed by atoms with Gasteiger partial charge in [-0.2, -0.15) is 0 Å². The SMILES string of the molecule is C=C/C(=C\C(=C/C)c1nc(C2C=CCCC2)c2sc3ccccc3c2n1)SCC(C)(C)C(C)(C)C.